The number of fused-ring (bicyclic) bond motifs is 2. The summed E-state index contributed by atoms with van der Waals surface area (Å²) in [5, 5.41) is 5.08. The highest BCUT2D eigenvalue weighted by Gasteiger charge is 2.31. The lowest BCUT2D eigenvalue weighted by Gasteiger charge is -2.36. The number of thiophene rings is 1. The van der Waals surface area contributed by atoms with E-state index in [-0.39, 0.29) is 11.9 Å². The molecular weight excluding hydrogens is 364 g/mol. The van der Waals surface area contributed by atoms with Gasteiger partial charge in [0, 0.05) is 22.7 Å². The SMILES string of the molecule is CCC1CN(C(=O)c2sc3ccccc3c2Cl)c2cc(C)c(C)cc2N1. The first kappa shape index (κ1) is 17.4. The molecule has 2 heterocycles. The summed E-state index contributed by atoms with van der Waals surface area (Å²) in [6.45, 7) is 6.96. The van der Waals surface area contributed by atoms with Gasteiger partial charge in [-0.15, -0.1) is 11.3 Å². The number of nitrogens with zero attached hydrogens (tertiary/aromatic N) is 1. The molecule has 26 heavy (non-hydrogen) atoms. The van der Waals surface area contributed by atoms with Gasteiger partial charge in [0.15, 0.2) is 0 Å². The Balaban J connectivity index is 1.82. The van der Waals surface area contributed by atoms with Crippen molar-refractivity contribution in [2.75, 3.05) is 16.8 Å². The zero-order chi connectivity index (χ0) is 18.4. The molecule has 1 aromatic heterocycles. The zero-order valence-corrected chi connectivity index (χ0v) is 16.7. The van der Waals surface area contributed by atoms with Crippen LogP contribution in [0.5, 0.6) is 0 Å². The van der Waals surface area contributed by atoms with Crippen LogP contribution < -0.4 is 10.2 Å². The minimum absolute atomic E-state index is 0.0133. The Bertz CT molecular complexity index is 1010. The van der Waals surface area contributed by atoms with Crippen molar-refractivity contribution in [2.24, 2.45) is 0 Å². The summed E-state index contributed by atoms with van der Waals surface area (Å²) < 4.78 is 1.04. The van der Waals surface area contributed by atoms with Crippen molar-refractivity contribution in [1.82, 2.24) is 0 Å². The third kappa shape index (κ3) is 2.78. The Morgan fingerprint density at radius 2 is 2.00 bits per heavy atom. The zero-order valence-electron chi connectivity index (χ0n) is 15.1. The predicted octanol–water partition coefficient (Wildman–Crippen LogP) is 6.02. The number of hydrogen-bond donors (Lipinski definition) is 1. The first-order valence-electron chi connectivity index (χ1n) is 8.86. The number of carbonyl (C=O) groups excluding carboxylic acids is 1. The highest BCUT2D eigenvalue weighted by molar-refractivity contribution is 7.21. The van der Waals surface area contributed by atoms with Crippen LogP contribution in [0.2, 0.25) is 5.02 Å². The van der Waals surface area contributed by atoms with E-state index in [1.807, 2.05) is 29.2 Å². The maximum Gasteiger partial charge on any atom is 0.270 e. The number of aryl methyl sites for hydroxylation is 2. The van der Waals surface area contributed by atoms with Crippen LogP contribution in [0.1, 0.15) is 34.1 Å². The lowest BCUT2D eigenvalue weighted by molar-refractivity contribution is 0.0989. The first-order chi connectivity index (χ1) is 12.5. The van der Waals surface area contributed by atoms with Crippen LogP contribution in [0.25, 0.3) is 10.1 Å². The van der Waals surface area contributed by atoms with Crippen LogP contribution in [-0.2, 0) is 0 Å². The number of halogens is 1. The maximum atomic E-state index is 13.4. The highest BCUT2D eigenvalue weighted by Crippen LogP contribution is 2.39. The molecule has 0 spiro atoms. The Kier molecular flexibility index (Phi) is 4.41. The smallest absolute Gasteiger partial charge is 0.270 e. The average Bonchev–Trinajstić information content (AvgIpc) is 2.98. The largest absolute Gasteiger partial charge is 0.379 e. The van der Waals surface area contributed by atoms with Gasteiger partial charge in [-0.3, -0.25) is 4.79 Å². The number of carbonyl (C=O) groups is 1. The van der Waals surface area contributed by atoms with Crippen LogP contribution in [-0.4, -0.2) is 18.5 Å². The van der Waals surface area contributed by atoms with E-state index in [2.05, 4.69) is 38.2 Å². The van der Waals surface area contributed by atoms with Gasteiger partial charge in [-0.1, -0.05) is 36.7 Å². The number of amides is 1. The van der Waals surface area contributed by atoms with Gasteiger partial charge >= 0.3 is 0 Å². The molecule has 5 heteroatoms. The fourth-order valence-corrected chi connectivity index (χ4v) is 4.88. The van der Waals surface area contributed by atoms with E-state index in [0.29, 0.717) is 16.4 Å². The summed E-state index contributed by atoms with van der Waals surface area (Å²) in [4.78, 5) is 15.9. The lowest BCUT2D eigenvalue weighted by Crippen LogP contribution is -2.44. The van der Waals surface area contributed by atoms with E-state index in [4.69, 9.17) is 11.6 Å². The van der Waals surface area contributed by atoms with Crippen LogP contribution >= 0.6 is 22.9 Å². The molecule has 0 fully saturated rings. The van der Waals surface area contributed by atoms with E-state index < -0.39 is 0 Å². The number of rotatable bonds is 2. The van der Waals surface area contributed by atoms with E-state index in [9.17, 15) is 4.79 Å². The van der Waals surface area contributed by atoms with Crippen LogP contribution in [0.4, 0.5) is 11.4 Å². The van der Waals surface area contributed by atoms with Crippen molar-refractivity contribution in [2.45, 2.75) is 33.2 Å². The molecule has 134 valence electrons. The Morgan fingerprint density at radius 3 is 2.73 bits per heavy atom. The summed E-state index contributed by atoms with van der Waals surface area (Å²) in [6, 6.07) is 12.4. The van der Waals surface area contributed by atoms with Crippen LogP contribution in [0, 0.1) is 13.8 Å². The third-order valence-corrected chi connectivity index (χ3v) is 6.80. The second kappa shape index (κ2) is 6.60. The molecule has 1 aliphatic heterocycles. The molecule has 1 N–H and O–H groups in total. The van der Waals surface area contributed by atoms with E-state index in [0.717, 1.165) is 27.9 Å². The average molecular weight is 385 g/mol. The third-order valence-electron chi connectivity index (χ3n) is 5.13. The standard InChI is InChI=1S/C21H21ClN2OS/c1-4-14-11-24(17-10-13(3)12(2)9-16(17)23-14)21(25)20-19(22)15-7-5-6-8-18(15)26-20/h5-10,14,23H,4,11H2,1-3H3. The maximum absolute atomic E-state index is 13.4. The molecule has 0 aliphatic carbocycles. The molecule has 0 saturated carbocycles. The number of benzene rings is 2. The lowest BCUT2D eigenvalue weighted by atomic mass is 10.0. The van der Waals surface area contributed by atoms with Gasteiger partial charge in [-0.25, -0.2) is 0 Å². The van der Waals surface area contributed by atoms with Crippen LogP contribution in [0.15, 0.2) is 36.4 Å². The summed E-state index contributed by atoms with van der Waals surface area (Å²) in [6.07, 6.45) is 0.955. The Hall–Kier alpha value is -2.04. The fourth-order valence-electron chi connectivity index (χ4n) is 3.42. The van der Waals surface area contributed by atoms with E-state index in [1.54, 1.807) is 0 Å². The predicted molar refractivity (Wildman–Crippen MR) is 112 cm³/mol. The van der Waals surface area contributed by atoms with Crippen molar-refractivity contribution in [1.29, 1.82) is 0 Å². The highest BCUT2D eigenvalue weighted by atomic mass is 35.5. The number of nitrogens with one attached hydrogen (secondary N) is 1. The summed E-state index contributed by atoms with van der Waals surface area (Å²) in [7, 11) is 0. The van der Waals surface area contributed by atoms with Gasteiger partial charge in [0.25, 0.3) is 5.91 Å². The molecule has 2 aromatic carbocycles. The van der Waals surface area contributed by atoms with Gasteiger partial charge in [0.05, 0.1) is 16.4 Å². The van der Waals surface area contributed by atoms with E-state index in [1.165, 1.54) is 22.5 Å². The van der Waals surface area contributed by atoms with Gasteiger partial charge in [-0.2, -0.15) is 0 Å². The van der Waals surface area contributed by atoms with Crippen molar-refractivity contribution in [3.05, 3.63) is 57.4 Å². The Morgan fingerprint density at radius 1 is 1.27 bits per heavy atom. The summed E-state index contributed by atoms with van der Waals surface area (Å²) in [5.41, 5.74) is 4.37. The minimum Gasteiger partial charge on any atom is -0.379 e. The topological polar surface area (TPSA) is 32.3 Å². The van der Waals surface area contributed by atoms with Gasteiger partial charge in [0.1, 0.15) is 4.88 Å². The van der Waals surface area contributed by atoms with Crippen molar-refractivity contribution in [3.8, 4) is 0 Å². The molecule has 0 bridgehead atoms. The molecule has 1 unspecified atom stereocenters. The van der Waals surface area contributed by atoms with Gasteiger partial charge in [-0.05, 0) is 49.6 Å². The number of hydrogen-bond acceptors (Lipinski definition) is 3. The summed E-state index contributed by atoms with van der Waals surface area (Å²) >= 11 is 8.05. The monoisotopic (exact) mass is 384 g/mol. The molecular formula is C21H21ClN2OS. The quantitative estimate of drug-likeness (QED) is 0.585. The molecule has 3 nitrogen and oxygen atoms in total. The van der Waals surface area contributed by atoms with Crippen molar-refractivity contribution in [3.63, 3.8) is 0 Å². The molecule has 4 rings (SSSR count). The van der Waals surface area contributed by atoms with Crippen LogP contribution in [0.3, 0.4) is 0 Å². The Labute approximate surface area is 162 Å². The molecule has 1 amide bonds. The minimum atomic E-state index is -0.0133. The second-order valence-electron chi connectivity index (χ2n) is 6.86. The van der Waals surface area contributed by atoms with Gasteiger partial charge in [0.2, 0.25) is 0 Å². The second-order valence-corrected chi connectivity index (χ2v) is 8.29. The summed E-state index contributed by atoms with van der Waals surface area (Å²) in [5.74, 6) is -0.0133. The normalized spacial score (nSPS) is 16.5. The molecule has 1 aliphatic rings. The molecule has 0 saturated heterocycles. The molecule has 3 aromatic rings. The number of anilines is 2. The molecule has 1 atom stereocenters. The van der Waals surface area contributed by atoms with Crippen molar-refractivity contribution >= 4 is 50.3 Å². The first-order valence-corrected chi connectivity index (χ1v) is 10.1. The van der Waals surface area contributed by atoms with Gasteiger partial charge < -0.3 is 10.2 Å². The molecule has 0 radical (unpaired) electrons. The van der Waals surface area contributed by atoms with Crippen molar-refractivity contribution < 1.29 is 4.79 Å². The van der Waals surface area contributed by atoms with E-state index >= 15 is 0 Å². The fraction of sp³-hybridized carbons (Fsp3) is 0.286.